The molecule has 0 saturated heterocycles. The van der Waals surface area contributed by atoms with Gasteiger partial charge < -0.3 is 5.32 Å². The third kappa shape index (κ3) is 4.66. The average molecular weight is 263 g/mol. The van der Waals surface area contributed by atoms with Gasteiger partial charge in [0, 0.05) is 17.2 Å². The van der Waals surface area contributed by atoms with E-state index < -0.39 is 0 Å². The zero-order chi connectivity index (χ0) is 12.6. The molecule has 1 nitrogen and oxygen atoms in total. The molecule has 1 aliphatic carbocycles. The molecule has 1 aliphatic rings. The number of thioether (sulfide) groups is 1. The first kappa shape index (κ1) is 14.0. The van der Waals surface area contributed by atoms with Crippen LogP contribution in [0.5, 0.6) is 0 Å². The first-order chi connectivity index (χ1) is 8.88. The number of nitrogens with one attached hydrogen (secondary N) is 1. The molecule has 0 atom stereocenters. The maximum absolute atomic E-state index is 3.36. The maximum Gasteiger partial charge on any atom is 0.0205 e. The van der Waals surface area contributed by atoms with Crippen molar-refractivity contribution in [3.63, 3.8) is 0 Å². The van der Waals surface area contributed by atoms with E-state index in [0.717, 1.165) is 19.0 Å². The summed E-state index contributed by atoms with van der Waals surface area (Å²) in [5.74, 6) is 2.28. The van der Waals surface area contributed by atoms with E-state index in [0.29, 0.717) is 0 Å². The van der Waals surface area contributed by atoms with Crippen molar-refractivity contribution < 1.29 is 0 Å². The standard InChI is InChI=1S/C16H25NS/c1-2-17-12-14-8-10-16(11-9-14)18-13-15-6-4-3-5-7-15/h8-11,15,17H,2-7,12-13H2,1H3. The Hall–Kier alpha value is -0.470. The second-order valence-corrected chi connectivity index (χ2v) is 6.33. The summed E-state index contributed by atoms with van der Waals surface area (Å²) in [4.78, 5) is 1.43. The number of hydrogen-bond acceptors (Lipinski definition) is 2. The van der Waals surface area contributed by atoms with Gasteiger partial charge in [-0.1, -0.05) is 38.3 Å². The first-order valence-electron chi connectivity index (χ1n) is 7.31. The van der Waals surface area contributed by atoms with Gasteiger partial charge in [-0.2, -0.15) is 0 Å². The lowest BCUT2D eigenvalue weighted by Crippen LogP contribution is -2.11. The average Bonchev–Trinajstić information content (AvgIpc) is 2.45. The Morgan fingerprint density at radius 3 is 2.50 bits per heavy atom. The molecule has 0 radical (unpaired) electrons. The molecule has 100 valence electrons. The van der Waals surface area contributed by atoms with Gasteiger partial charge >= 0.3 is 0 Å². The minimum atomic E-state index is 0.963. The fourth-order valence-electron chi connectivity index (χ4n) is 2.54. The largest absolute Gasteiger partial charge is 0.313 e. The van der Waals surface area contributed by atoms with Crippen LogP contribution in [-0.2, 0) is 6.54 Å². The van der Waals surface area contributed by atoms with Crippen LogP contribution >= 0.6 is 11.8 Å². The predicted molar refractivity (Wildman–Crippen MR) is 81.1 cm³/mol. The van der Waals surface area contributed by atoms with Crippen molar-refractivity contribution in [2.75, 3.05) is 12.3 Å². The Morgan fingerprint density at radius 1 is 1.11 bits per heavy atom. The molecule has 2 rings (SSSR count). The monoisotopic (exact) mass is 263 g/mol. The molecule has 1 saturated carbocycles. The smallest absolute Gasteiger partial charge is 0.0205 e. The van der Waals surface area contributed by atoms with Gasteiger partial charge in [0.05, 0.1) is 0 Å². The van der Waals surface area contributed by atoms with Gasteiger partial charge in [0.15, 0.2) is 0 Å². The molecule has 0 aromatic heterocycles. The molecule has 0 bridgehead atoms. The molecule has 2 heteroatoms. The summed E-state index contributed by atoms with van der Waals surface area (Å²) in [6, 6.07) is 9.07. The molecular weight excluding hydrogens is 238 g/mol. The van der Waals surface area contributed by atoms with Crippen LogP contribution in [0.3, 0.4) is 0 Å². The van der Waals surface area contributed by atoms with Crippen LogP contribution < -0.4 is 5.32 Å². The fraction of sp³-hybridized carbons (Fsp3) is 0.625. The SMILES string of the molecule is CCNCc1ccc(SCC2CCCCC2)cc1. The Kier molecular flexibility index (Phi) is 6.09. The van der Waals surface area contributed by atoms with Gasteiger partial charge in [-0.3, -0.25) is 0 Å². The summed E-state index contributed by atoms with van der Waals surface area (Å²) < 4.78 is 0. The molecule has 1 aromatic rings. The first-order valence-corrected chi connectivity index (χ1v) is 8.29. The van der Waals surface area contributed by atoms with Crippen molar-refractivity contribution in [2.24, 2.45) is 5.92 Å². The lowest BCUT2D eigenvalue weighted by atomic mass is 9.91. The van der Waals surface area contributed by atoms with Crippen LogP contribution in [0.2, 0.25) is 0 Å². The van der Waals surface area contributed by atoms with Gasteiger partial charge in [0.2, 0.25) is 0 Å². The van der Waals surface area contributed by atoms with Gasteiger partial charge in [0.1, 0.15) is 0 Å². The van der Waals surface area contributed by atoms with E-state index in [1.807, 2.05) is 11.8 Å². The molecule has 1 N–H and O–H groups in total. The molecular formula is C16H25NS. The summed E-state index contributed by atoms with van der Waals surface area (Å²) in [6.45, 7) is 4.18. The van der Waals surface area contributed by atoms with Crippen molar-refractivity contribution in [1.82, 2.24) is 5.32 Å². The van der Waals surface area contributed by atoms with E-state index in [1.54, 1.807) is 0 Å². The molecule has 1 aromatic carbocycles. The molecule has 18 heavy (non-hydrogen) atoms. The Morgan fingerprint density at radius 2 is 1.83 bits per heavy atom. The summed E-state index contributed by atoms with van der Waals surface area (Å²) in [5.41, 5.74) is 1.39. The van der Waals surface area contributed by atoms with E-state index in [9.17, 15) is 0 Å². The predicted octanol–water partition coefficient (Wildman–Crippen LogP) is 4.47. The summed E-state index contributed by atoms with van der Waals surface area (Å²) in [5, 5.41) is 3.36. The number of rotatable bonds is 6. The lowest BCUT2D eigenvalue weighted by molar-refractivity contribution is 0.391. The highest BCUT2D eigenvalue weighted by Gasteiger charge is 2.13. The topological polar surface area (TPSA) is 12.0 Å². The van der Waals surface area contributed by atoms with E-state index in [4.69, 9.17) is 0 Å². The Bertz CT molecular complexity index is 327. The Balaban J connectivity index is 1.75. The molecule has 0 heterocycles. The van der Waals surface area contributed by atoms with E-state index in [1.165, 1.54) is 48.3 Å². The van der Waals surface area contributed by atoms with Gasteiger partial charge in [-0.25, -0.2) is 0 Å². The third-order valence-corrected chi connectivity index (χ3v) is 4.96. The zero-order valence-corrected chi connectivity index (χ0v) is 12.3. The van der Waals surface area contributed by atoms with Crippen molar-refractivity contribution in [3.05, 3.63) is 29.8 Å². The van der Waals surface area contributed by atoms with Crippen molar-refractivity contribution in [2.45, 2.75) is 50.5 Å². The van der Waals surface area contributed by atoms with E-state index >= 15 is 0 Å². The van der Waals surface area contributed by atoms with Crippen molar-refractivity contribution in [3.8, 4) is 0 Å². The van der Waals surface area contributed by atoms with Gasteiger partial charge in [-0.05, 0) is 43.0 Å². The molecule has 0 aliphatic heterocycles. The Labute approximate surface area is 116 Å². The van der Waals surface area contributed by atoms with E-state index in [-0.39, 0.29) is 0 Å². The summed E-state index contributed by atoms with van der Waals surface area (Å²) in [6.07, 6.45) is 7.26. The zero-order valence-electron chi connectivity index (χ0n) is 11.5. The molecule has 1 fully saturated rings. The second kappa shape index (κ2) is 7.85. The summed E-state index contributed by atoms with van der Waals surface area (Å²) >= 11 is 2.04. The highest BCUT2D eigenvalue weighted by molar-refractivity contribution is 7.99. The van der Waals surface area contributed by atoms with Crippen LogP contribution in [0.4, 0.5) is 0 Å². The highest BCUT2D eigenvalue weighted by atomic mass is 32.2. The lowest BCUT2D eigenvalue weighted by Gasteiger charge is -2.20. The minimum Gasteiger partial charge on any atom is -0.313 e. The normalized spacial score (nSPS) is 16.9. The van der Waals surface area contributed by atoms with Crippen LogP contribution in [-0.4, -0.2) is 12.3 Å². The molecule has 0 spiro atoms. The number of benzene rings is 1. The third-order valence-electron chi connectivity index (χ3n) is 3.71. The minimum absolute atomic E-state index is 0.963. The van der Waals surface area contributed by atoms with E-state index in [2.05, 4.69) is 36.5 Å². The van der Waals surface area contributed by atoms with Crippen LogP contribution in [0.1, 0.15) is 44.6 Å². The second-order valence-electron chi connectivity index (χ2n) is 5.24. The fourth-order valence-corrected chi connectivity index (χ4v) is 3.63. The number of hydrogen-bond donors (Lipinski definition) is 1. The van der Waals surface area contributed by atoms with Crippen molar-refractivity contribution >= 4 is 11.8 Å². The van der Waals surface area contributed by atoms with Gasteiger partial charge in [0.25, 0.3) is 0 Å². The van der Waals surface area contributed by atoms with Crippen LogP contribution in [0.25, 0.3) is 0 Å². The quantitative estimate of drug-likeness (QED) is 0.760. The van der Waals surface area contributed by atoms with Crippen molar-refractivity contribution in [1.29, 1.82) is 0 Å². The van der Waals surface area contributed by atoms with Gasteiger partial charge in [-0.15, -0.1) is 11.8 Å². The highest BCUT2D eigenvalue weighted by Crippen LogP contribution is 2.29. The molecule has 0 unspecified atom stereocenters. The summed E-state index contributed by atoms with van der Waals surface area (Å²) in [7, 11) is 0. The maximum atomic E-state index is 3.36. The molecule has 0 amide bonds. The van der Waals surface area contributed by atoms with Crippen LogP contribution in [0, 0.1) is 5.92 Å². The van der Waals surface area contributed by atoms with Crippen LogP contribution in [0.15, 0.2) is 29.2 Å².